The number of rotatable bonds is 9. The fourth-order valence-electron chi connectivity index (χ4n) is 3.05. The summed E-state index contributed by atoms with van der Waals surface area (Å²) in [6, 6.07) is 4.21. The number of fused-ring (bicyclic) bond motifs is 1. The SMILES string of the molecule is O=S(=O)(O)c1cccc2c(CC(F)(F)C(F)(F)C(F)(F)C(F)(F)C(F)(F)C(F)(F)C(F)F)cccc12. The van der Waals surface area contributed by atoms with Gasteiger partial charge in [0.15, 0.2) is 0 Å². The van der Waals surface area contributed by atoms with E-state index in [1.54, 1.807) is 0 Å². The molecule has 0 bridgehead atoms. The fourth-order valence-corrected chi connectivity index (χ4v) is 3.75. The third-order valence-electron chi connectivity index (χ3n) is 5.00. The molecule has 2 rings (SSSR count). The minimum atomic E-state index is -8.14. The quantitative estimate of drug-likeness (QED) is 0.269. The monoisotopic (exact) mass is 572 g/mol. The number of hydrogen-bond acceptors (Lipinski definition) is 2. The van der Waals surface area contributed by atoms with Gasteiger partial charge < -0.3 is 0 Å². The Kier molecular flexibility index (Phi) is 7.13. The molecule has 2 aromatic carbocycles. The zero-order valence-corrected chi connectivity index (χ0v) is 17.5. The van der Waals surface area contributed by atoms with Crippen LogP contribution in [-0.2, 0) is 16.5 Å². The van der Waals surface area contributed by atoms with Crippen molar-refractivity contribution in [2.45, 2.75) is 53.3 Å². The molecular weight excluding hydrogens is 562 g/mol. The van der Waals surface area contributed by atoms with E-state index in [-0.39, 0.29) is 0 Å². The predicted octanol–water partition coefficient (Wildman–Crippen LogP) is 6.71. The van der Waals surface area contributed by atoms with E-state index in [1.165, 1.54) is 0 Å². The van der Waals surface area contributed by atoms with E-state index in [1.807, 2.05) is 0 Å². The van der Waals surface area contributed by atoms with E-state index in [2.05, 4.69) is 0 Å². The second-order valence-corrected chi connectivity index (χ2v) is 8.74. The van der Waals surface area contributed by atoms with Crippen molar-refractivity contribution in [3.05, 3.63) is 42.0 Å². The molecule has 0 aromatic heterocycles. The molecule has 0 atom stereocenters. The van der Waals surface area contributed by atoms with Crippen LogP contribution in [0.1, 0.15) is 5.56 Å². The Morgan fingerprint density at radius 2 is 1.11 bits per heavy atom. The van der Waals surface area contributed by atoms with E-state index >= 15 is 0 Å². The van der Waals surface area contributed by atoms with Crippen LogP contribution < -0.4 is 0 Å². The van der Waals surface area contributed by atoms with Crippen molar-refractivity contribution >= 4 is 20.9 Å². The molecule has 2 aromatic rings. The highest BCUT2D eigenvalue weighted by Crippen LogP contribution is 2.61. The van der Waals surface area contributed by atoms with E-state index in [9.17, 15) is 69.9 Å². The molecule has 3 nitrogen and oxygen atoms in total. The molecule has 0 aliphatic rings. The average molecular weight is 572 g/mol. The number of benzene rings is 2. The molecule has 0 aliphatic carbocycles. The van der Waals surface area contributed by atoms with Crippen LogP contribution in [0.2, 0.25) is 0 Å². The van der Waals surface area contributed by atoms with Gasteiger partial charge in [0.05, 0.1) is 0 Å². The molecule has 0 heterocycles. The minimum Gasteiger partial charge on any atom is -0.282 e. The zero-order valence-electron chi connectivity index (χ0n) is 16.7. The van der Waals surface area contributed by atoms with E-state index < -0.39 is 79.7 Å². The van der Waals surface area contributed by atoms with Gasteiger partial charge in [-0.2, -0.15) is 61.1 Å². The van der Waals surface area contributed by atoms with Crippen LogP contribution in [0.25, 0.3) is 10.8 Å². The minimum absolute atomic E-state index is 0.482. The Morgan fingerprint density at radius 3 is 1.58 bits per heavy atom. The molecule has 0 aliphatic heterocycles. The summed E-state index contributed by atoms with van der Waals surface area (Å²) in [5, 5.41) is -1.37. The molecule has 1 N–H and O–H groups in total. The number of halogens is 14. The molecule has 204 valence electrons. The van der Waals surface area contributed by atoms with E-state index in [4.69, 9.17) is 4.55 Å². The highest BCUT2D eigenvalue weighted by atomic mass is 32.2. The largest absolute Gasteiger partial charge is 0.384 e. The number of hydrogen-bond donors (Lipinski definition) is 1. The second-order valence-electron chi connectivity index (χ2n) is 7.35. The van der Waals surface area contributed by atoms with Crippen LogP contribution in [0.5, 0.6) is 0 Å². The molecule has 0 amide bonds. The summed E-state index contributed by atoms with van der Waals surface area (Å²) in [5.41, 5.74) is -1.16. The maximum atomic E-state index is 14.3. The predicted molar refractivity (Wildman–Crippen MR) is 93.2 cm³/mol. The van der Waals surface area contributed by atoms with Crippen LogP contribution in [0.15, 0.2) is 41.3 Å². The lowest BCUT2D eigenvalue weighted by molar-refractivity contribution is -0.432. The summed E-state index contributed by atoms with van der Waals surface area (Å²) in [5.74, 6) is -45.4. The van der Waals surface area contributed by atoms with Crippen LogP contribution >= 0.6 is 0 Å². The highest BCUT2D eigenvalue weighted by Gasteiger charge is 2.91. The van der Waals surface area contributed by atoms with Gasteiger partial charge in [-0.25, -0.2) is 8.78 Å². The van der Waals surface area contributed by atoms with Crippen molar-refractivity contribution < 1.29 is 74.4 Å². The van der Waals surface area contributed by atoms with Crippen LogP contribution in [-0.4, -0.2) is 54.9 Å². The zero-order chi connectivity index (χ0) is 28.3. The second kappa shape index (κ2) is 8.59. The molecule has 0 saturated carbocycles. The lowest BCUT2D eigenvalue weighted by Gasteiger charge is -2.41. The van der Waals surface area contributed by atoms with Crippen LogP contribution in [0, 0.1) is 0 Å². The normalized spacial score (nSPS) is 15.1. The molecule has 0 fully saturated rings. The summed E-state index contributed by atoms with van der Waals surface area (Å²) in [7, 11) is -5.07. The summed E-state index contributed by atoms with van der Waals surface area (Å²) in [6.07, 6.45) is -8.47. The van der Waals surface area contributed by atoms with Crippen molar-refractivity contribution in [1.82, 2.24) is 0 Å². The smallest absolute Gasteiger partial charge is 0.282 e. The first-order valence-corrected chi connectivity index (χ1v) is 10.3. The maximum absolute atomic E-state index is 14.3. The van der Waals surface area contributed by atoms with Gasteiger partial charge in [0.2, 0.25) is 0 Å². The molecule has 0 saturated heterocycles. The maximum Gasteiger partial charge on any atom is 0.384 e. The molecule has 0 spiro atoms. The molecule has 0 radical (unpaired) electrons. The van der Waals surface area contributed by atoms with Gasteiger partial charge >= 0.3 is 42.0 Å². The van der Waals surface area contributed by atoms with Gasteiger partial charge in [-0.05, 0) is 17.0 Å². The third-order valence-corrected chi connectivity index (χ3v) is 5.91. The first kappa shape index (κ1) is 29.9. The van der Waals surface area contributed by atoms with Crippen molar-refractivity contribution in [1.29, 1.82) is 0 Å². The Hall–Kier alpha value is -2.37. The summed E-state index contributed by atoms with van der Waals surface area (Å²) >= 11 is 0. The van der Waals surface area contributed by atoms with E-state index in [0.29, 0.717) is 18.2 Å². The Morgan fingerprint density at radius 1 is 0.667 bits per heavy atom. The molecule has 36 heavy (non-hydrogen) atoms. The first-order chi connectivity index (χ1) is 15.9. The number of alkyl halides is 14. The topological polar surface area (TPSA) is 54.4 Å². The molecular formula is C18H10F14O3S. The summed E-state index contributed by atoms with van der Waals surface area (Å²) in [4.78, 5) is -0.984. The van der Waals surface area contributed by atoms with Gasteiger partial charge in [0.25, 0.3) is 10.1 Å². The van der Waals surface area contributed by atoms with Gasteiger partial charge in [-0.15, -0.1) is 0 Å². The summed E-state index contributed by atoms with van der Waals surface area (Å²) < 4.78 is 220. The van der Waals surface area contributed by atoms with Gasteiger partial charge in [-0.3, -0.25) is 4.55 Å². The van der Waals surface area contributed by atoms with E-state index in [0.717, 1.165) is 18.2 Å². The lowest BCUT2D eigenvalue weighted by atomic mass is 9.88. The Bertz CT molecular complexity index is 1240. The van der Waals surface area contributed by atoms with Crippen LogP contribution in [0.3, 0.4) is 0 Å². The lowest BCUT2D eigenvalue weighted by Crippen LogP contribution is -2.71. The third kappa shape index (κ3) is 4.24. The Balaban J connectivity index is 2.64. The highest BCUT2D eigenvalue weighted by molar-refractivity contribution is 7.86. The molecule has 0 unspecified atom stereocenters. The summed E-state index contributed by atoms with van der Waals surface area (Å²) in [6.45, 7) is 0. The standard InChI is InChI=1S/C18H10F14O3S/c19-12(20)14(23,24)16(27,28)18(31,32)17(29,30)15(25,26)13(21,22)7-8-3-1-5-10-9(8)4-2-6-11(10)36(33,34)35/h1-6,12H,7H2,(H,33,34,35). The van der Waals surface area contributed by atoms with Crippen molar-refractivity contribution in [2.75, 3.05) is 0 Å². The van der Waals surface area contributed by atoms with Gasteiger partial charge in [0, 0.05) is 11.8 Å². The molecule has 18 heteroatoms. The van der Waals surface area contributed by atoms with Crippen molar-refractivity contribution in [2.24, 2.45) is 0 Å². The van der Waals surface area contributed by atoms with Gasteiger partial charge in [0.1, 0.15) is 4.90 Å². The Labute approximate surface area is 191 Å². The van der Waals surface area contributed by atoms with Gasteiger partial charge in [-0.1, -0.05) is 30.3 Å². The first-order valence-electron chi connectivity index (χ1n) is 8.91. The average Bonchev–Trinajstić information content (AvgIpc) is 2.71. The van der Waals surface area contributed by atoms with Crippen molar-refractivity contribution in [3.8, 4) is 0 Å². The van der Waals surface area contributed by atoms with Crippen LogP contribution in [0.4, 0.5) is 61.5 Å². The van der Waals surface area contributed by atoms with Crippen molar-refractivity contribution in [3.63, 3.8) is 0 Å². The fraction of sp³-hybridized carbons (Fsp3) is 0.444.